The Morgan fingerprint density at radius 3 is 2.55 bits per heavy atom. The molecule has 1 fully saturated rings. The van der Waals surface area contributed by atoms with Crippen molar-refractivity contribution in [2.24, 2.45) is 5.73 Å². The summed E-state index contributed by atoms with van der Waals surface area (Å²) in [5, 5.41) is 0. The third-order valence-corrected chi connectivity index (χ3v) is 4.01. The van der Waals surface area contributed by atoms with Crippen molar-refractivity contribution in [2.75, 3.05) is 26.2 Å². The van der Waals surface area contributed by atoms with E-state index in [1.54, 1.807) is 6.07 Å². The maximum absolute atomic E-state index is 12.4. The molecule has 0 radical (unpaired) electrons. The smallest absolute Gasteiger partial charge is 0.272 e. The van der Waals surface area contributed by atoms with Gasteiger partial charge in [0.1, 0.15) is 5.69 Å². The van der Waals surface area contributed by atoms with Crippen LogP contribution in [0.5, 0.6) is 0 Å². The Labute approximate surface area is 124 Å². The molecule has 0 saturated carbocycles. The molecular formula is C14H20N4OS. The summed E-state index contributed by atoms with van der Waals surface area (Å²) in [5.74, 6) is -0.00340. The van der Waals surface area contributed by atoms with Gasteiger partial charge >= 0.3 is 0 Å². The van der Waals surface area contributed by atoms with Crippen LogP contribution in [0, 0.1) is 6.92 Å². The zero-order valence-corrected chi connectivity index (χ0v) is 12.7. The number of rotatable bonds is 3. The lowest BCUT2D eigenvalue weighted by molar-refractivity contribution is 0.0616. The van der Waals surface area contributed by atoms with E-state index < -0.39 is 0 Å². The van der Waals surface area contributed by atoms with Gasteiger partial charge in [0.2, 0.25) is 0 Å². The molecule has 5 nitrogen and oxygen atoms in total. The van der Waals surface area contributed by atoms with Gasteiger partial charge < -0.3 is 10.6 Å². The second-order valence-corrected chi connectivity index (χ2v) is 5.54. The minimum absolute atomic E-state index is 0.00340. The van der Waals surface area contributed by atoms with Crippen LogP contribution in [0.25, 0.3) is 0 Å². The van der Waals surface area contributed by atoms with Gasteiger partial charge in [0.05, 0.1) is 11.0 Å². The summed E-state index contributed by atoms with van der Waals surface area (Å²) in [7, 11) is 0. The highest BCUT2D eigenvalue weighted by Crippen LogP contribution is 2.10. The highest BCUT2D eigenvalue weighted by atomic mass is 32.1. The molecule has 1 aliphatic rings. The summed E-state index contributed by atoms with van der Waals surface area (Å²) in [6.07, 6.45) is 0. The van der Waals surface area contributed by atoms with Crippen molar-refractivity contribution >= 4 is 23.1 Å². The third-order valence-electron chi connectivity index (χ3n) is 3.67. The Hall–Kier alpha value is -1.53. The zero-order chi connectivity index (χ0) is 14.7. The monoisotopic (exact) mass is 292 g/mol. The van der Waals surface area contributed by atoms with E-state index in [9.17, 15) is 4.79 Å². The Morgan fingerprint density at radius 1 is 1.35 bits per heavy atom. The summed E-state index contributed by atoms with van der Waals surface area (Å²) >= 11 is 5.02. The number of amides is 1. The number of piperazine rings is 1. The first-order valence-corrected chi connectivity index (χ1v) is 7.16. The average molecular weight is 292 g/mol. The molecule has 1 unspecified atom stereocenters. The van der Waals surface area contributed by atoms with E-state index in [0.717, 1.165) is 18.8 Å². The lowest BCUT2D eigenvalue weighted by Gasteiger charge is -2.37. The Kier molecular flexibility index (Phi) is 4.67. The summed E-state index contributed by atoms with van der Waals surface area (Å²) in [4.78, 5) is 21.2. The Balaban J connectivity index is 1.97. The third kappa shape index (κ3) is 3.32. The van der Waals surface area contributed by atoms with Gasteiger partial charge in [0.25, 0.3) is 5.91 Å². The van der Waals surface area contributed by atoms with Crippen molar-refractivity contribution in [3.8, 4) is 0 Å². The van der Waals surface area contributed by atoms with E-state index in [1.807, 2.05) is 30.9 Å². The summed E-state index contributed by atoms with van der Waals surface area (Å²) in [6.45, 7) is 6.83. The molecular weight excluding hydrogens is 272 g/mol. The summed E-state index contributed by atoms with van der Waals surface area (Å²) in [6, 6.07) is 5.60. The fourth-order valence-corrected chi connectivity index (χ4v) is 2.47. The molecule has 2 rings (SSSR count). The summed E-state index contributed by atoms with van der Waals surface area (Å²) < 4.78 is 0. The molecule has 6 heteroatoms. The van der Waals surface area contributed by atoms with Crippen LogP contribution in [0.4, 0.5) is 0 Å². The van der Waals surface area contributed by atoms with Crippen LogP contribution in [0.15, 0.2) is 18.2 Å². The first-order chi connectivity index (χ1) is 9.49. The topological polar surface area (TPSA) is 62.5 Å². The normalized spacial score (nSPS) is 17.8. The SMILES string of the molecule is Cc1cccc(C(=O)N2CCN(C(C)C(N)=S)CC2)n1. The highest BCUT2D eigenvalue weighted by Gasteiger charge is 2.26. The van der Waals surface area contributed by atoms with Crippen molar-refractivity contribution in [1.29, 1.82) is 0 Å². The zero-order valence-electron chi connectivity index (χ0n) is 11.9. The number of nitrogens with zero attached hydrogens (tertiary/aromatic N) is 3. The molecule has 108 valence electrons. The van der Waals surface area contributed by atoms with Crippen LogP contribution >= 0.6 is 12.2 Å². The lowest BCUT2D eigenvalue weighted by atomic mass is 10.2. The van der Waals surface area contributed by atoms with Gasteiger partial charge in [-0.15, -0.1) is 0 Å². The first kappa shape index (κ1) is 14.9. The van der Waals surface area contributed by atoms with Crippen molar-refractivity contribution < 1.29 is 4.79 Å². The highest BCUT2D eigenvalue weighted by molar-refractivity contribution is 7.80. The molecule has 20 heavy (non-hydrogen) atoms. The van der Waals surface area contributed by atoms with Gasteiger partial charge in [-0.05, 0) is 26.0 Å². The van der Waals surface area contributed by atoms with Crippen LogP contribution < -0.4 is 5.73 Å². The fraction of sp³-hybridized carbons (Fsp3) is 0.500. The second kappa shape index (κ2) is 6.28. The maximum Gasteiger partial charge on any atom is 0.272 e. The van der Waals surface area contributed by atoms with Gasteiger partial charge in [-0.3, -0.25) is 9.69 Å². The lowest BCUT2D eigenvalue weighted by Crippen LogP contribution is -2.54. The van der Waals surface area contributed by atoms with Crippen LogP contribution in [-0.4, -0.2) is 57.9 Å². The quantitative estimate of drug-likeness (QED) is 0.836. The molecule has 1 aromatic rings. The minimum atomic E-state index is -0.00340. The Morgan fingerprint density at radius 2 is 2.00 bits per heavy atom. The second-order valence-electron chi connectivity index (χ2n) is 5.07. The molecule has 1 atom stereocenters. The molecule has 0 aromatic carbocycles. The minimum Gasteiger partial charge on any atom is -0.392 e. The van der Waals surface area contributed by atoms with E-state index in [-0.39, 0.29) is 11.9 Å². The van der Waals surface area contributed by atoms with Gasteiger partial charge in [-0.1, -0.05) is 18.3 Å². The van der Waals surface area contributed by atoms with E-state index in [0.29, 0.717) is 23.8 Å². The average Bonchev–Trinajstić information content (AvgIpc) is 2.46. The molecule has 1 aromatic heterocycles. The molecule has 1 aliphatic heterocycles. The predicted molar refractivity (Wildman–Crippen MR) is 82.7 cm³/mol. The van der Waals surface area contributed by atoms with Crippen LogP contribution in [0.3, 0.4) is 0 Å². The van der Waals surface area contributed by atoms with Gasteiger partial charge in [-0.25, -0.2) is 4.98 Å². The van der Waals surface area contributed by atoms with Gasteiger partial charge in [0, 0.05) is 31.9 Å². The first-order valence-electron chi connectivity index (χ1n) is 6.75. The number of aromatic nitrogens is 1. The van der Waals surface area contributed by atoms with E-state index in [2.05, 4.69) is 9.88 Å². The predicted octanol–water partition coefficient (Wildman–Crippen LogP) is 0.822. The molecule has 2 heterocycles. The van der Waals surface area contributed by atoms with Crippen molar-refractivity contribution in [1.82, 2.24) is 14.8 Å². The molecule has 0 aliphatic carbocycles. The number of hydrogen-bond donors (Lipinski definition) is 1. The molecule has 2 N–H and O–H groups in total. The number of pyridine rings is 1. The van der Waals surface area contributed by atoms with E-state index >= 15 is 0 Å². The fourth-order valence-electron chi connectivity index (χ4n) is 2.32. The van der Waals surface area contributed by atoms with E-state index in [4.69, 9.17) is 18.0 Å². The number of nitrogens with two attached hydrogens (primary N) is 1. The number of carbonyl (C=O) groups excluding carboxylic acids is 1. The van der Waals surface area contributed by atoms with Crippen molar-refractivity contribution in [2.45, 2.75) is 19.9 Å². The Bertz CT molecular complexity index is 512. The molecule has 0 spiro atoms. The van der Waals surface area contributed by atoms with Gasteiger partial charge in [-0.2, -0.15) is 0 Å². The van der Waals surface area contributed by atoms with Crippen LogP contribution in [0.2, 0.25) is 0 Å². The summed E-state index contributed by atoms with van der Waals surface area (Å²) in [5.41, 5.74) is 7.04. The number of hydrogen-bond acceptors (Lipinski definition) is 4. The largest absolute Gasteiger partial charge is 0.392 e. The maximum atomic E-state index is 12.4. The van der Waals surface area contributed by atoms with E-state index in [1.165, 1.54) is 0 Å². The van der Waals surface area contributed by atoms with Crippen LogP contribution in [-0.2, 0) is 0 Å². The number of carbonyl (C=O) groups is 1. The standard InChI is InChI=1S/C14H20N4OS/c1-10-4-3-5-12(16-10)14(19)18-8-6-17(7-9-18)11(2)13(15)20/h3-5,11H,6-9H2,1-2H3,(H2,15,20). The number of aryl methyl sites for hydroxylation is 1. The van der Waals surface area contributed by atoms with Crippen molar-refractivity contribution in [3.63, 3.8) is 0 Å². The molecule has 1 amide bonds. The number of thiocarbonyl (C=S) groups is 1. The van der Waals surface area contributed by atoms with Crippen LogP contribution in [0.1, 0.15) is 23.1 Å². The van der Waals surface area contributed by atoms with Gasteiger partial charge in [0.15, 0.2) is 0 Å². The van der Waals surface area contributed by atoms with Crippen molar-refractivity contribution in [3.05, 3.63) is 29.6 Å². The molecule has 1 saturated heterocycles. The molecule has 0 bridgehead atoms.